The predicted octanol–water partition coefficient (Wildman–Crippen LogP) is 0.0411. The summed E-state index contributed by atoms with van der Waals surface area (Å²) in [5.74, 6) is -1.00. The highest BCUT2D eigenvalue weighted by Gasteiger charge is 2.27. The summed E-state index contributed by atoms with van der Waals surface area (Å²) in [7, 11) is 0. The van der Waals surface area contributed by atoms with Crippen molar-refractivity contribution in [2.45, 2.75) is 5.50 Å². The summed E-state index contributed by atoms with van der Waals surface area (Å²) in [6.45, 7) is 0.518. The molecular weight excluding hydrogens is 218 g/mol. The number of allylic oxidation sites excluding steroid dienone is 1. The Morgan fingerprint density at radius 3 is 3.13 bits per heavy atom. The van der Waals surface area contributed by atoms with Crippen molar-refractivity contribution < 1.29 is 9.90 Å². The lowest BCUT2D eigenvalue weighted by Gasteiger charge is -2.25. The van der Waals surface area contributed by atoms with Crippen LogP contribution < -0.4 is 16.0 Å². The predicted molar refractivity (Wildman–Crippen MR) is 55.8 cm³/mol. The fraction of sp³-hybridized carbons (Fsp3) is 0.222. The average molecular weight is 228 g/mol. The second-order valence-corrected chi connectivity index (χ2v) is 3.55. The fourth-order valence-electron chi connectivity index (χ4n) is 1.52. The summed E-state index contributed by atoms with van der Waals surface area (Å²) < 4.78 is 0. The summed E-state index contributed by atoms with van der Waals surface area (Å²) in [5, 5.41) is 17.8. The van der Waals surface area contributed by atoms with Gasteiger partial charge in [0.1, 0.15) is 5.50 Å². The second-order valence-electron chi connectivity index (χ2n) is 3.11. The molecule has 2 heterocycles. The number of rotatable bonds is 1. The van der Waals surface area contributed by atoms with Crippen molar-refractivity contribution in [2.24, 2.45) is 0 Å². The molecule has 0 bridgehead atoms. The zero-order chi connectivity index (χ0) is 10.8. The van der Waals surface area contributed by atoms with Gasteiger partial charge in [-0.15, -0.1) is 11.6 Å². The van der Waals surface area contributed by atoms with E-state index in [9.17, 15) is 4.79 Å². The van der Waals surface area contributed by atoms with E-state index in [1.54, 1.807) is 12.3 Å². The van der Waals surface area contributed by atoms with Gasteiger partial charge in [-0.1, -0.05) is 0 Å². The number of halogens is 1. The third-order valence-electron chi connectivity index (χ3n) is 2.20. The molecule has 15 heavy (non-hydrogen) atoms. The fourth-order valence-corrected chi connectivity index (χ4v) is 1.83. The minimum absolute atomic E-state index is 0.162. The van der Waals surface area contributed by atoms with Crippen molar-refractivity contribution in [3.63, 3.8) is 0 Å². The van der Waals surface area contributed by atoms with Crippen molar-refractivity contribution in [1.29, 1.82) is 0 Å². The lowest BCUT2D eigenvalue weighted by atomic mass is 10.0. The van der Waals surface area contributed by atoms with Crippen LogP contribution in [0.5, 0.6) is 0 Å². The largest absolute Gasteiger partial charge is 0.478 e. The van der Waals surface area contributed by atoms with E-state index in [-0.39, 0.29) is 5.57 Å². The minimum atomic E-state index is -1.00. The Hall–Kier alpha value is -1.46. The Morgan fingerprint density at radius 1 is 1.60 bits per heavy atom. The van der Waals surface area contributed by atoms with E-state index < -0.39 is 11.5 Å². The number of alkyl halides is 1. The molecule has 0 saturated carbocycles. The molecular formula is C9H10ClN3O2. The van der Waals surface area contributed by atoms with Crippen LogP contribution in [0.15, 0.2) is 35.3 Å². The summed E-state index contributed by atoms with van der Waals surface area (Å²) >= 11 is 6.03. The van der Waals surface area contributed by atoms with Crippen LogP contribution in [0, 0.1) is 0 Å². The molecule has 1 unspecified atom stereocenters. The highest BCUT2D eigenvalue weighted by molar-refractivity contribution is 6.23. The van der Waals surface area contributed by atoms with Crippen molar-refractivity contribution in [2.75, 3.05) is 6.67 Å². The van der Waals surface area contributed by atoms with Crippen molar-refractivity contribution in [3.8, 4) is 0 Å². The summed E-state index contributed by atoms with van der Waals surface area (Å²) in [4.78, 5) is 11.0. The normalized spacial score (nSPS) is 24.6. The molecule has 0 spiro atoms. The molecule has 0 aromatic carbocycles. The minimum Gasteiger partial charge on any atom is -0.478 e. The third-order valence-corrected chi connectivity index (χ3v) is 2.57. The van der Waals surface area contributed by atoms with Gasteiger partial charge in [0.2, 0.25) is 0 Å². The topological polar surface area (TPSA) is 73.4 Å². The maximum absolute atomic E-state index is 11.0. The zero-order valence-electron chi connectivity index (χ0n) is 7.75. The van der Waals surface area contributed by atoms with E-state index in [1.807, 2.05) is 0 Å². The van der Waals surface area contributed by atoms with Gasteiger partial charge in [0.15, 0.2) is 0 Å². The van der Waals surface area contributed by atoms with Crippen LogP contribution in [0.4, 0.5) is 0 Å². The molecule has 4 N–H and O–H groups in total. The summed E-state index contributed by atoms with van der Waals surface area (Å²) in [6, 6.07) is 0. The molecule has 0 fully saturated rings. The van der Waals surface area contributed by atoms with Crippen LogP contribution in [-0.4, -0.2) is 23.2 Å². The van der Waals surface area contributed by atoms with E-state index >= 15 is 0 Å². The van der Waals surface area contributed by atoms with Crippen LogP contribution in [-0.2, 0) is 4.79 Å². The van der Waals surface area contributed by atoms with Gasteiger partial charge in [-0.05, 0) is 6.08 Å². The molecule has 2 aliphatic heterocycles. The van der Waals surface area contributed by atoms with E-state index in [0.29, 0.717) is 12.2 Å². The van der Waals surface area contributed by atoms with Crippen molar-refractivity contribution >= 4 is 17.6 Å². The number of carbonyl (C=O) groups is 1. The van der Waals surface area contributed by atoms with E-state index in [4.69, 9.17) is 16.7 Å². The standard InChI is InChI=1S/C9H10ClN3O2/c10-8-7-5(9(14)15)3-11-2-1-6(7)12-4-13-8/h1-3,8,11-13H,4H2,(H,14,15). The molecule has 0 aromatic heterocycles. The SMILES string of the molecule is O=C(O)C1=CNC=CC2=C1C(Cl)NCN2. The van der Waals surface area contributed by atoms with Gasteiger partial charge in [-0.3, -0.25) is 5.32 Å². The number of nitrogens with one attached hydrogen (secondary N) is 3. The second kappa shape index (κ2) is 3.96. The first-order valence-corrected chi connectivity index (χ1v) is 4.85. The molecule has 0 amide bonds. The first-order valence-electron chi connectivity index (χ1n) is 4.42. The number of hydrogen-bond acceptors (Lipinski definition) is 4. The summed E-state index contributed by atoms with van der Waals surface area (Å²) in [5.41, 5.74) is 0.951. The van der Waals surface area contributed by atoms with Crippen molar-refractivity contribution in [1.82, 2.24) is 16.0 Å². The molecule has 1 atom stereocenters. The van der Waals surface area contributed by atoms with Crippen LogP contribution >= 0.6 is 11.6 Å². The monoisotopic (exact) mass is 227 g/mol. The van der Waals surface area contributed by atoms with Crippen LogP contribution in [0.25, 0.3) is 0 Å². The lowest BCUT2D eigenvalue weighted by molar-refractivity contribution is -0.132. The average Bonchev–Trinajstić information content (AvgIpc) is 2.40. The Bertz CT molecular complexity index is 387. The maximum atomic E-state index is 11.0. The lowest BCUT2D eigenvalue weighted by Crippen LogP contribution is -2.42. The Morgan fingerprint density at radius 2 is 2.40 bits per heavy atom. The van der Waals surface area contributed by atoms with Gasteiger partial charge in [0, 0.05) is 23.7 Å². The quantitative estimate of drug-likeness (QED) is 0.376. The molecule has 80 valence electrons. The van der Waals surface area contributed by atoms with E-state index in [1.165, 1.54) is 6.20 Å². The number of carboxylic acid groups (broad SMARTS) is 1. The van der Waals surface area contributed by atoms with Gasteiger partial charge >= 0.3 is 5.97 Å². The number of hydrogen-bond donors (Lipinski definition) is 4. The van der Waals surface area contributed by atoms with E-state index in [0.717, 1.165) is 5.70 Å². The Kier molecular flexibility index (Phi) is 2.66. The summed E-state index contributed by atoms with van der Waals surface area (Å²) in [6.07, 6.45) is 4.84. The molecule has 0 saturated heterocycles. The number of aliphatic carboxylic acids is 1. The Labute approximate surface area is 91.5 Å². The van der Waals surface area contributed by atoms with Gasteiger partial charge in [0.25, 0.3) is 0 Å². The molecule has 2 rings (SSSR count). The van der Waals surface area contributed by atoms with Gasteiger partial charge in [-0.2, -0.15) is 0 Å². The molecule has 0 aliphatic carbocycles. The van der Waals surface area contributed by atoms with Gasteiger partial charge < -0.3 is 15.7 Å². The van der Waals surface area contributed by atoms with Crippen LogP contribution in [0.1, 0.15) is 0 Å². The first-order chi connectivity index (χ1) is 7.20. The van der Waals surface area contributed by atoms with Crippen LogP contribution in [0.3, 0.4) is 0 Å². The van der Waals surface area contributed by atoms with Crippen molar-refractivity contribution in [3.05, 3.63) is 35.3 Å². The molecule has 5 nitrogen and oxygen atoms in total. The molecule has 6 heteroatoms. The number of carboxylic acids is 1. The first kappa shape index (κ1) is 10.1. The highest BCUT2D eigenvalue weighted by atomic mass is 35.5. The van der Waals surface area contributed by atoms with E-state index in [2.05, 4.69) is 16.0 Å². The molecule has 2 aliphatic rings. The molecule has 0 aromatic rings. The van der Waals surface area contributed by atoms with Gasteiger partial charge in [0.05, 0.1) is 12.2 Å². The van der Waals surface area contributed by atoms with Gasteiger partial charge in [-0.25, -0.2) is 4.79 Å². The maximum Gasteiger partial charge on any atom is 0.337 e. The van der Waals surface area contributed by atoms with Crippen LogP contribution in [0.2, 0.25) is 0 Å². The Balaban J connectivity index is 2.48. The highest BCUT2D eigenvalue weighted by Crippen LogP contribution is 2.24. The smallest absolute Gasteiger partial charge is 0.337 e. The molecule has 0 radical (unpaired) electrons. The third kappa shape index (κ3) is 1.84. The zero-order valence-corrected chi connectivity index (χ0v) is 8.51.